The summed E-state index contributed by atoms with van der Waals surface area (Å²) in [4.78, 5) is 8.82. The summed E-state index contributed by atoms with van der Waals surface area (Å²) in [5, 5.41) is 0. The second kappa shape index (κ2) is 2.25. The van der Waals surface area contributed by atoms with Crippen molar-refractivity contribution in [2.45, 2.75) is 0 Å². The first kappa shape index (κ1) is 5.00. The lowest BCUT2D eigenvalue weighted by Gasteiger charge is -1.34. The molecular weight excluding hydrogens is 187 g/mol. The lowest BCUT2D eigenvalue weighted by molar-refractivity contribution is 0.568. The summed E-state index contributed by atoms with van der Waals surface area (Å²) in [6, 6.07) is 0. The smallest absolute Gasteiger partial charge is 0.272 e. The molecule has 0 aromatic heterocycles. The van der Waals surface area contributed by atoms with E-state index in [0.717, 1.165) is 4.29 Å². The molecule has 0 atom stereocenters. The Kier molecular flexibility index (Phi) is 2.25. The van der Waals surface area contributed by atoms with E-state index in [1.165, 1.54) is 0 Å². The highest BCUT2D eigenvalue weighted by Gasteiger charge is 1.75. The van der Waals surface area contributed by atoms with Crippen LogP contribution in [0.4, 0.5) is 0 Å². The van der Waals surface area contributed by atoms with Gasteiger partial charge in [0.1, 0.15) is 0 Å². The molecule has 4 heteroatoms. The van der Waals surface area contributed by atoms with Crippen LogP contribution in [0.5, 0.6) is 0 Å². The molecule has 0 heterocycles. The predicted octanol–water partition coefficient (Wildman–Crippen LogP) is 0.251. The van der Waals surface area contributed by atoms with Gasteiger partial charge in [-0.15, -0.1) is 0 Å². The van der Waals surface area contributed by atoms with Crippen molar-refractivity contribution in [3.8, 4) is 0 Å². The van der Waals surface area contributed by atoms with Gasteiger partial charge in [-0.1, -0.05) is 0 Å². The number of rotatable bonds is 1. The first-order valence-electron chi connectivity index (χ1n) is 0.702. The van der Waals surface area contributed by atoms with E-state index in [1.807, 2.05) is 0 Å². The second-order valence-corrected chi connectivity index (χ2v) is 1.98. The van der Waals surface area contributed by atoms with Gasteiger partial charge in [-0.25, -0.2) is 6.14 Å². The summed E-state index contributed by atoms with van der Waals surface area (Å²) < 4.78 is 19.0. The highest BCUT2D eigenvalue weighted by atomic mass is 127. The lowest BCUT2D eigenvalue weighted by atomic mass is 11.9. The maximum Gasteiger partial charge on any atom is 0.387 e. The molecule has 0 saturated carbocycles. The zero-order valence-corrected chi connectivity index (χ0v) is 4.26. The van der Waals surface area contributed by atoms with Crippen molar-refractivity contribution in [2.24, 2.45) is 0 Å². The molecule has 0 aromatic rings. The highest BCUT2D eigenvalue weighted by molar-refractivity contribution is 14.2. The van der Waals surface area contributed by atoms with Crippen LogP contribution in [0.1, 0.15) is 0 Å². The summed E-state index contributed by atoms with van der Waals surface area (Å²) in [5.74, 6) is 0. The molecule has 0 bridgehead atoms. The zero-order chi connectivity index (χ0) is 4.28. The quantitative estimate of drug-likeness (QED) is 0.436. The van der Waals surface area contributed by atoms with Crippen LogP contribution in [0.15, 0.2) is 0 Å². The molecule has 0 aliphatic rings. The van der Waals surface area contributed by atoms with Gasteiger partial charge < -0.3 is 0 Å². The molecular formula is CIO3. The molecule has 0 aliphatic carbocycles. The van der Waals surface area contributed by atoms with E-state index in [-0.39, 0.29) is 0 Å². The van der Waals surface area contributed by atoms with Gasteiger partial charge in [-0.3, -0.25) is 4.79 Å². The molecule has 5 heavy (non-hydrogen) atoms. The average Bonchev–Trinajstić information content (AvgIpc) is 1.38. The van der Waals surface area contributed by atoms with Crippen LogP contribution in [0.2, 0.25) is 0 Å². The Morgan fingerprint density at radius 1 is 1.40 bits per heavy atom. The summed E-state index contributed by atoms with van der Waals surface area (Å²) >= 11 is -3.59. The molecule has 0 aromatic carbocycles. The van der Waals surface area contributed by atoms with Crippen molar-refractivity contribution in [1.82, 2.24) is 0 Å². The van der Waals surface area contributed by atoms with Crippen LogP contribution in [0.25, 0.3) is 0 Å². The topological polar surface area (TPSA) is 51.2 Å². The Labute approximate surface area is 35.5 Å². The molecule has 0 aliphatic heterocycles. The van der Waals surface area contributed by atoms with Crippen molar-refractivity contribution >= 4 is 24.1 Å². The van der Waals surface area contributed by atoms with Crippen LogP contribution in [0, 0.1) is 0 Å². The molecule has 0 saturated heterocycles. The Bertz CT molecular complexity index is 83.1. The largest absolute Gasteiger partial charge is 0.387 e. The van der Waals surface area contributed by atoms with Crippen LogP contribution in [-0.2, 0) is 10.9 Å². The van der Waals surface area contributed by atoms with Gasteiger partial charge >= 0.3 is 24.1 Å². The third-order valence-corrected chi connectivity index (χ3v) is 0.423. The van der Waals surface area contributed by atoms with E-state index in [2.05, 4.69) is 0 Å². The minimum Gasteiger partial charge on any atom is -0.272 e. The standard InChI is InChI=1S/CIO3/c3-1-2(4)5. The summed E-state index contributed by atoms with van der Waals surface area (Å²) in [5.41, 5.74) is 0. The van der Waals surface area contributed by atoms with E-state index in [4.69, 9.17) is 10.9 Å². The lowest BCUT2D eigenvalue weighted by Crippen LogP contribution is -1.37. The van der Waals surface area contributed by atoms with E-state index in [9.17, 15) is 0 Å². The maximum atomic E-state index is 9.07. The molecule has 29 valence electrons. The highest BCUT2D eigenvalue weighted by Crippen LogP contribution is 1.90. The first-order chi connectivity index (χ1) is 2.27. The molecule has 3 nitrogen and oxygen atoms in total. The van der Waals surface area contributed by atoms with Gasteiger partial charge in [-0.05, 0) is 0 Å². The fourth-order valence-corrected chi connectivity index (χ4v) is 0. The van der Waals surface area contributed by atoms with Gasteiger partial charge in [0, 0.05) is 0 Å². The van der Waals surface area contributed by atoms with E-state index in [0.29, 0.717) is 0 Å². The molecule has 0 fully saturated rings. The van der Waals surface area contributed by atoms with Gasteiger partial charge in [0.25, 0.3) is 0 Å². The number of carbonyl (C=O) groups excluding carboxylic acids is 1. The Balaban J connectivity index is 3.69. The van der Waals surface area contributed by atoms with Crippen LogP contribution >= 0.6 is 19.8 Å². The van der Waals surface area contributed by atoms with Crippen molar-refractivity contribution in [1.29, 1.82) is 0 Å². The third kappa shape index (κ3) is 4.00. The van der Waals surface area contributed by atoms with Crippen LogP contribution < -0.4 is 0 Å². The minimum absolute atomic E-state index is 0.823. The van der Waals surface area contributed by atoms with Gasteiger partial charge in [0.15, 0.2) is 0 Å². The number of hydrogen-bond acceptors (Lipinski definition) is 3. The molecule has 0 spiro atoms. The van der Waals surface area contributed by atoms with Gasteiger partial charge in [0.05, 0.1) is 0 Å². The Morgan fingerprint density at radius 2 is 1.60 bits per heavy atom. The van der Waals surface area contributed by atoms with Crippen molar-refractivity contribution < 1.29 is 10.9 Å². The van der Waals surface area contributed by atoms with E-state index < -0.39 is 19.8 Å². The molecule has 0 rings (SSSR count). The van der Waals surface area contributed by atoms with E-state index >= 15 is 0 Å². The summed E-state index contributed by atoms with van der Waals surface area (Å²) in [6.07, 6.45) is 0. The first-order valence-corrected chi connectivity index (χ1v) is 3.54. The molecule has 0 unspecified atom stereocenters. The Hall–Kier alpha value is -0.0000000000000000555. The van der Waals surface area contributed by atoms with Crippen LogP contribution in [0.3, 0.4) is 0 Å². The molecule has 0 N–H and O–H groups in total. The second-order valence-electron chi connectivity index (χ2n) is 0.294. The average molecular weight is 187 g/mol. The van der Waals surface area contributed by atoms with Crippen LogP contribution in [-0.4, -0.2) is 4.29 Å². The van der Waals surface area contributed by atoms with E-state index in [1.54, 1.807) is 0 Å². The zero-order valence-electron chi connectivity index (χ0n) is 2.10. The third-order valence-electron chi connectivity index (χ3n) is 0.0630. The minimum atomic E-state index is -3.59. The SMILES string of the molecule is O=[C]I(=O)=O. The molecule has 0 amide bonds. The van der Waals surface area contributed by atoms with Gasteiger partial charge in [-0.2, -0.15) is 0 Å². The normalized spacial score (nSPS) is 8.20. The number of halogens is 1. The fraction of sp³-hybridized carbons (Fsp3) is 0. The fourth-order valence-electron chi connectivity index (χ4n) is 0. The van der Waals surface area contributed by atoms with Crippen molar-refractivity contribution in [3.05, 3.63) is 0 Å². The number of hydrogen-bond donors (Lipinski definition) is 0. The van der Waals surface area contributed by atoms with Crippen molar-refractivity contribution in [3.63, 3.8) is 0 Å². The Morgan fingerprint density at radius 3 is 1.60 bits per heavy atom. The molecule has 1 radical (unpaired) electrons. The monoisotopic (exact) mass is 187 g/mol. The predicted molar refractivity (Wildman–Crippen MR) is 21.1 cm³/mol. The summed E-state index contributed by atoms with van der Waals surface area (Å²) in [7, 11) is 0. The van der Waals surface area contributed by atoms with Gasteiger partial charge in [0.2, 0.25) is 0 Å². The summed E-state index contributed by atoms with van der Waals surface area (Å²) in [6.45, 7) is 0. The maximum absolute atomic E-state index is 9.07. The van der Waals surface area contributed by atoms with Crippen molar-refractivity contribution in [2.75, 3.05) is 0 Å².